The van der Waals surface area contributed by atoms with Crippen molar-refractivity contribution < 1.29 is 18.0 Å². The molecule has 0 bridgehead atoms. The lowest BCUT2D eigenvalue weighted by Crippen LogP contribution is -2.51. The van der Waals surface area contributed by atoms with Gasteiger partial charge in [-0.3, -0.25) is 9.59 Å². The Morgan fingerprint density at radius 2 is 1.69 bits per heavy atom. The summed E-state index contributed by atoms with van der Waals surface area (Å²) in [7, 11) is -3.59. The lowest BCUT2D eigenvalue weighted by molar-refractivity contribution is -0.131. The molecule has 2 aromatic rings. The zero-order valence-corrected chi connectivity index (χ0v) is 19.8. The van der Waals surface area contributed by atoms with E-state index in [4.69, 9.17) is 0 Å². The van der Waals surface area contributed by atoms with Gasteiger partial charge in [-0.2, -0.15) is 4.31 Å². The van der Waals surface area contributed by atoms with Crippen LogP contribution in [-0.4, -0.2) is 78.6 Å². The summed E-state index contributed by atoms with van der Waals surface area (Å²) in [6, 6.07) is 6.31. The predicted molar refractivity (Wildman–Crippen MR) is 122 cm³/mol. The van der Waals surface area contributed by atoms with Crippen LogP contribution < -0.4 is 0 Å². The van der Waals surface area contributed by atoms with Gasteiger partial charge in [0.25, 0.3) is 5.91 Å². The number of sulfonamides is 1. The Morgan fingerprint density at radius 1 is 1.00 bits per heavy atom. The number of aryl methyl sites for hydroxylation is 1. The molecule has 2 fully saturated rings. The van der Waals surface area contributed by atoms with Gasteiger partial charge >= 0.3 is 0 Å². The van der Waals surface area contributed by atoms with Gasteiger partial charge in [-0.1, -0.05) is 12.5 Å². The average molecular weight is 477 g/mol. The summed E-state index contributed by atoms with van der Waals surface area (Å²) in [5.74, 6) is -0.190. The molecule has 1 aromatic carbocycles. The summed E-state index contributed by atoms with van der Waals surface area (Å²) in [6.45, 7) is 4.71. The fourth-order valence-corrected chi connectivity index (χ4v) is 6.44. The van der Waals surface area contributed by atoms with E-state index in [1.165, 1.54) is 21.7 Å². The molecule has 0 unspecified atom stereocenters. The predicted octanol–water partition coefficient (Wildman–Crippen LogP) is 2.15. The molecule has 0 N–H and O–H groups in total. The third-order valence-corrected chi connectivity index (χ3v) is 8.78. The molecule has 4 rings (SSSR count). The van der Waals surface area contributed by atoms with Gasteiger partial charge in [0.05, 0.1) is 11.3 Å². The topological polar surface area (TPSA) is 90.9 Å². The van der Waals surface area contributed by atoms with Crippen LogP contribution in [0, 0.1) is 6.92 Å². The number of benzene rings is 1. The van der Waals surface area contributed by atoms with Crippen LogP contribution in [0.2, 0.25) is 0 Å². The molecule has 172 valence electrons. The van der Waals surface area contributed by atoms with Gasteiger partial charge in [0.15, 0.2) is 0 Å². The van der Waals surface area contributed by atoms with E-state index in [0.717, 1.165) is 30.0 Å². The Bertz CT molecular complexity index is 1080. The molecule has 0 radical (unpaired) electrons. The molecule has 2 aliphatic heterocycles. The molecule has 0 aliphatic carbocycles. The van der Waals surface area contributed by atoms with E-state index < -0.39 is 10.0 Å². The Kier molecular flexibility index (Phi) is 6.92. The first-order chi connectivity index (χ1) is 15.3. The van der Waals surface area contributed by atoms with E-state index in [1.54, 1.807) is 28.0 Å². The van der Waals surface area contributed by atoms with Crippen molar-refractivity contribution in [1.29, 1.82) is 0 Å². The highest BCUT2D eigenvalue weighted by Gasteiger charge is 2.29. The maximum Gasteiger partial charge on any atom is 0.254 e. The number of hydrogen-bond donors (Lipinski definition) is 0. The van der Waals surface area contributed by atoms with Gasteiger partial charge in [0, 0.05) is 55.9 Å². The molecule has 10 heteroatoms. The van der Waals surface area contributed by atoms with Gasteiger partial charge in [-0.15, -0.1) is 11.3 Å². The smallest absolute Gasteiger partial charge is 0.254 e. The monoisotopic (exact) mass is 476 g/mol. The maximum absolute atomic E-state index is 13.0. The number of nitrogens with zero attached hydrogens (tertiary/aromatic N) is 4. The first-order valence-corrected chi connectivity index (χ1v) is 13.2. The Hall–Kier alpha value is -2.30. The standard InChI is InChI=1S/C22H28N4O4S2/c1-17-16-31-20(23-17)15-21(27)24-10-12-25(13-11-24)22(28)18-6-5-7-19(14-18)32(29,30)26-8-3-2-4-9-26/h5-7,14,16H,2-4,8-13,15H2,1H3. The van der Waals surface area contributed by atoms with Crippen molar-refractivity contribution in [1.82, 2.24) is 19.1 Å². The number of amides is 2. The summed E-state index contributed by atoms with van der Waals surface area (Å²) < 4.78 is 27.4. The van der Waals surface area contributed by atoms with E-state index in [-0.39, 0.29) is 23.1 Å². The van der Waals surface area contributed by atoms with Crippen molar-refractivity contribution >= 4 is 33.2 Å². The molecule has 32 heavy (non-hydrogen) atoms. The van der Waals surface area contributed by atoms with E-state index in [1.807, 2.05) is 12.3 Å². The maximum atomic E-state index is 13.0. The highest BCUT2D eigenvalue weighted by atomic mass is 32.2. The second-order valence-electron chi connectivity index (χ2n) is 8.22. The molecule has 8 nitrogen and oxygen atoms in total. The van der Waals surface area contributed by atoms with Crippen LogP contribution in [0.5, 0.6) is 0 Å². The van der Waals surface area contributed by atoms with E-state index in [0.29, 0.717) is 44.8 Å². The van der Waals surface area contributed by atoms with Gasteiger partial charge in [-0.05, 0) is 38.0 Å². The number of aromatic nitrogens is 1. The normalized spacial score (nSPS) is 18.0. The second kappa shape index (κ2) is 9.68. The molecule has 0 saturated carbocycles. The van der Waals surface area contributed by atoms with Crippen LogP contribution in [0.4, 0.5) is 0 Å². The average Bonchev–Trinajstić information content (AvgIpc) is 3.23. The van der Waals surface area contributed by atoms with Crippen molar-refractivity contribution in [3.8, 4) is 0 Å². The summed E-state index contributed by atoms with van der Waals surface area (Å²) in [5.41, 5.74) is 1.28. The zero-order valence-electron chi connectivity index (χ0n) is 18.2. The van der Waals surface area contributed by atoms with Crippen LogP contribution in [-0.2, 0) is 21.2 Å². The molecule has 0 atom stereocenters. The summed E-state index contributed by atoms with van der Waals surface area (Å²) in [5, 5.41) is 2.73. The first-order valence-electron chi connectivity index (χ1n) is 10.9. The second-order valence-corrected chi connectivity index (χ2v) is 11.1. The quantitative estimate of drug-likeness (QED) is 0.660. The first kappa shape index (κ1) is 22.9. The number of hydrogen-bond acceptors (Lipinski definition) is 6. The number of carbonyl (C=O) groups is 2. The third-order valence-electron chi connectivity index (χ3n) is 5.92. The van der Waals surface area contributed by atoms with Crippen molar-refractivity contribution in [3.63, 3.8) is 0 Å². The van der Waals surface area contributed by atoms with Gasteiger partial charge in [-0.25, -0.2) is 13.4 Å². The van der Waals surface area contributed by atoms with Crippen LogP contribution in [0.1, 0.15) is 40.3 Å². The zero-order chi connectivity index (χ0) is 22.7. The fourth-order valence-electron chi connectivity index (χ4n) is 4.11. The minimum Gasteiger partial charge on any atom is -0.339 e. The highest BCUT2D eigenvalue weighted by Crippen LogP contribution is 2.22. The summed E-state index contributed by atoms with van der Waals surface area (Å²) >= 11 is 1.48. The number of piperidine rings is 1. The lowest BCUT2D eigenvalue weighted by atomic mass is 10.2. The third kappa shape index (κ3) is 5.02. The fraction of sp³-hybridized carbons (Fsp3) is 0.500. The number of carbonyl (C=O) groups excluding carboxylic acids is 2. The van der Waals surface area contributed by atoms with Gasteiger partial charge in [0.1, 0.15) is 5.01 Å². The number of rotatable bonds is 5. The Balaban J connectivity index is 1.38. The minimum absolute atomic E-state index is 0.0149. The molecule has 2 aliphatic rings. The molecular weight excluding hydrogens is 448 g/mol. The van der Waals surface area contributed by atoms with Crippen molar-refractivity contribution in [2.24, 2.45) is 0 Å². The van der Waals surface area contributed by atoms with Crippen molar-refractivity contribution in [2.45, 2.75) is 37.5 Å². The van der Waals surface area contributed by atoms with Gasteiger partial charge < -0.3 is 9.80 Å². The Morgan fingerprint density at radius 3 is 2.34 bits per heavy atom. The van der Waals surface area contributed by atoms with Crippen molar-refractivity contribution in [3.05, 3.63) is 45.9 Å². The summed E-state index contributed by atoms with van der Waals surface area (Å²) in [4.78, 5) is 33.5. The molecule has 1 aromatic heterocycles. The van der Waals surface area contributed by atoms with Gasteiger partial charge in [0.2, 0.25) is 15.9 Å². The van der Waals surface area contributed by atoms with E-state index in [2.05, 4.69) is 4.98 Å². The van der Waals surface area contributed by atoms with E-state index in [9.17, 15) is 18.0 Å². The van der Waals surface area contributed by atoms with E-state index >= 15 is 0 Å². The highest BCUT2D eigenvalue weighted by molar-refractivity contribution is 7.89. The molecule has 0 spiro atoms. The van der Waals surface area contributed by atoms with Crippen molar-refractivity contribution in [2.75, 3.05) is 39.3 Å². The molecular formula is C22H28N4O4S2. The summed E-state index contributed by atoms with van der Waals surface area (Å²) in [6.07, 6.45) is 3.05. The Labute approximate surface area is 192 Å². The lowest BCUT2D eigenvalue weighted by Gasteiger charge is -2.35. The number of piperazine rings is 1. The van der Waals surface area contributed by atoms with Crippen LogP contribution in [0.25, 0.3) is 0 Å². The van der Waals surface area contributed by atoms with Crippen LogP contribution >= 0.6 is 11.3 Å². The number of thiazole rings is 1. The minimum atomic E-state index is -3.59. The van der Waals surface area contributed by atoms with Crippen LogP contribution in [0.15, 0.2) is 34.5 Å². The largest absolute Gasteiger partial charge is 0.339 e. The molecule has 2 saturated heterocycles. The SMILES string of the molecule is Cc1csc(CC(=O)N2CCN(C(=O)c3cccc(S(=O)(=O)N4CCCCC4)c3)CC2)n1. The molecule has 2 amide bonds. The van der Waals surface area contributed by atoms with Crippen LogP contribution in [0.3, 0.4) is 0 Å². The molecule has 3 heterocycles.